The average molecular weight is 327 g/mol. The lowest BCUT2D eigenvalue weighted by atomic mass is 9.96. The van der Waals surface area contributed by atoms with E-state index in [-0.39, 0.29) is 0 Å². The van der Waals surface area contributed by atoms with Gasteiger partial charge in [0.15, 0.2) is 0 Å². The van der Waals surface area contributed by atoms with Crippen LogP contribution in [0.1, 0.15) is 90.9 Å². The molecule has 0 bridgehead atoms. The number of unbranched alkanes of at least 4 members (excludes halogenated alkanes) is 8. The summed E-state index contributed by atoms with van der Waals surface area (Å²) in [6.07, 6.45) is 19.1. The van der Waals surface area contributed by atoms with Crippen molar-refractivity contribution < 1.29 is 0 Å². The Hall–Kier alpha value is -0.180. The van der Waals surface area contributed by atoms with E-state index in [2.05, 4.69) is 23.1 Å². The number of hydrogen-bond donors (Lipinski definition) is 0. The van der Waals surface area contributed by atoms with Gasteiger partial charge < -0.3 is 4.31 Å². The molecule has 0 aliphatic carbocycles. The molecule has 0 saturated heterocycles. The molecule has 0 spiro atoms. The molecule has 0 fully saturated rings. The first-order chi connectivity index (χ1) is 10.9. The molecule has 3 heteroatoms. The Morgan fingerprint density at radius 2 is 1.50 bits per heavy atom. The zero-order valence-corrected chi connectivity index (χ0v) is 15.9. The predicted octanol–water partition coefficient (Wildman–Crippen LogP) is 6.32. The molecule has 1 unspecified atom stereocenters. The standard InChI is InChI=1S/C19H38N2S/c1-3-5-7-9-10-12-14-19(13-11-8-6-4-2)17-22-21-16-15-20-18-21/h18-19H,3-17H2,1-2H3. The van der Waals surface area contributed by atoms with Crippen LogP contribution in [0.5, 0.6) is 0 Å². The molecule has 0 saturated carbocycles. The van der Waals surface area contributed by atoms with E-state index in [1.807, 2.05) is 18.3 Å². The first kappa shape index (κ1) is 19.9. The van der Waals surface area contributed by atoms with Crippen molar-refractivity contribution >= 4 is 18.3 Å². The summed E-state index contributed by atoms with van der Waals surface area (Å²) in [5, 5.41) is 0. The van der Waals surface area contributed by atoms with Crippen molar-refractivity contribution in [1.82, 2.24) is 4.31 Å². The van der Waals surface area contributed by atoms with Gasteiger partial charge in [0.25, 0.3) is 0 Å². The Kier molecular flexibility index (Phi) is 13.0. The minimum Gasteiger partial charge on any atom is -0.305 e. The summed E-state index contributed by atoms with van der Waals surface area (Å²) >= 11 is 2.01. The summed E-state index contributed by atoms with van der Waals surface area (Å²) < 4.78 is 2.33. The van der Waals surface area contributed by atoms with Crippen LogP contribution >= 0.6 is 11.9 Å². The highest BCUT2D eigenvalue weighted by Gasteiger charge is 2.12. The topological polar surface area (TPSA) is 15.6 Å². The van der Waals surface area contributed by atoms with E-state index in [0.29, 0.717) is 0 Å². The SMILES string of the molecule is CCCCCCCCC(CCCCCC)CSN1C=NCC1. The Morgan fingerprint density at radius 1 is 0.909 bits per heavy atom. The van der Waals surface area contributed by atoms with Crippen LogP contribution in [0, 0.1) is 5.92 Å². The van der Waals surface area contributed by atoms with Gasteiger partial charge in [-0.15, -0.1) is 0 Å². The van der Waals surface area contributed by atoms with Crippen LogP contribution < -0.4 is 0 Å². The molecule has 0 aromatic heterocycles. The summed E-state index contributed by atoms with van der Waals surface area (Å²) in [7, 11) is 0. The molecule has 1 aliphatic rings. The van der Waals surface area contributed by atoms with Crippen molar-refractivity contribution in [3.8, 4) is 0 Å². The Balaban J connectivity index is 2.13. The molecule has 0 amide bonds. The molecule has 1 rings (SSSR count). The van der Waals surface area contributed by atoms with Gasteiger partial charge in [-0.25, -0.2) is 0 Å². The molecule has 130 valence electrons. The normalized spacial score (nSPS) is 15.6. The van der Waals surface area contributed by atoms with Gasteiger partial charge in [-0.3, -0.25) is 4.99 Å². The minimum absolute atomic E-state index is 0.919. The van der Waals surface area contributed by atoms with Crippen molar-refractivity contribution in [3.63, 3.8) is 0 Å². The van der Waals surface area contributed by atoms with E-state index in [1.165, 1.54) is 82.8 Å². The molecular weight excluding hydrogens is 288 g/mol. The quantitative estimate of drug-likeness (QED) is 0.258. The van der Waals surface area contributed by atoms with Gasteiger partial charge in [0.2, 0.25) is 0 Å². The maximum Gasteiger partial charge on any atom is 0.0950 e. The minimum atomic E-state index is 0.919. The van der Waals surface area contributed by atoms with Crippen molar-refractivity contribution in [3.05, 3.63) is 0 Å². The monoisotopic (exact) mass is 326 g/mol. The highest BCUT2D eigenvalue weighted by Crippen LogP contribution is 2.24. The first-order valence-corrected chi connectivity index (χ1v) is 10.7. The lowest BCUT2D eigenvalue weighted by molar-refractivity contribution is 0.438. The molecule has 1 atom stereocenters. The maximum absolute atomic E-state index is 4.31. The average Bonchev–Trinajstić information content (AvgIpc) is 3.05. The third kappa shape index (κ3) is 10.5. The van der Waals surface area contributed by atoms with Crippen LogP contribution in [0.4, 0.5) is 0 Å². The van der Waals surface area contributed by atoms with Gasteiger partial charge in [-0.2, -0.15) is 0 Å². The fourth-order valence-corrected chi connectivity index (χ4v) is 4.13. The van der Waals surface area contributed by atoms with Gasteiger partial charge in [-0.05, 0) is 30.7 Å². The van der Waals surface area contributed by atoms with Crippen molar-refractivity contribution in [2.45, 2.75) is 90.9 Å². The summed E-state index contributed by atoms with van der Waals surface area (Å²) in [5.41, 5.74) is 0. The molecule has 0 aromatic rings. The van der Waals surface area contributed by atoms with Gasteiger partial charge >= 0.3 is 0 Å². The van der Waals surface area contributed by atoms with Crippen molar-refractivity contribution in [2.24, 2.45) is 10.9 Å². The largest absolute Gasteiger partial charge is 0.305 e. The second-order valence-corrected chi connectivity index (χ2v) is 7.79. The van der Waals surface area contributed by atoms with E-state index in [4.69, 9.17) is 0 Å². The lowest BCUT2D eigenvalue weighted by Crippen LogP contribution is -2.14. The molecule has 2 nitrogen and oxygen atoms in total. The lowest BCUT2D eigenvalue weighted by Gasteiger charge is -2.20. The molecule has 0 radical (unpaired) electrons. The molecular formula is C19H38N2S. The third-order valence-corrected chi connectivity index (χ3v) is 5.80. The fraction of sp³-hybridized carbons (Fsp3) is 0.947. The zero-order chi connectivity index (χ0) is 15.9. The Labute approximate surface area is 143 Å². The summed E-state index contributed by atoms with van der Waals surface area (Å²) in [4.78, 5) is 4.31. The van der Waals surface area contributed by atoms with Crippen LogP contribution in [0.25, 0.3) is 0 Å². The van der Waals surface area contributed by atoms with Gasteiger partial charge in [-0.1, -0.05) is 78.1 Å². The van der Waals surface area contributed by atoms with Gasteiger partial charge in [0, 0.05) is 5.75 Å². The fourth-order valence-electron chi connectivity index (χ4n) is 3.05. The molecule has 0 N–H and O–H groups in total. The maximum atomic E-state index is 4.31. The highest BCUT2D eigenvalue weighted by atomic mass is 32.2. The summed E-state index contributed by atoms with van der Waals surface area (Å²) in [5.74, 6) is 2.22. The van der Waals surface area contributed by atoms with E-state index >= 15 is 0 Å². The first-order valence-electron chi connectivity index (χ1n) is 9.76. The van der Waals surface area contributed by atoms with Crippen LogP contribution in [0.2, 0.25) is 0 Å². The molecule has 1 heterocycles. The number of aliphatic imine (C=N–C) groups is 1. The molecule has 1 aliphatic heterocycles. The second-order valence-electron chi connectivity index (χ2n) is 6.73. The summed E-state index contributed by atoms with van der Waals surface area (Å²) in [6, 6.07) is 0. The van der Waals surface area contributed by atoms with Crippen LogP contribution in [0.15, 0.2) is 4.99 Å². The smallest absolute Gasteiger partial charge is 0.0950 e. The van der Waals surface area contributed by atoms with Crippen LogP contribution in [-0.4, -0.2) is 29.5 Å². The van der Waals surface area contributed by atoms with Crippen LogP contribution in [-0.2, 0) is 0 Å². The number of rotatable bonds is 15. The second kappa shape index (κ2) is 14.4. The predicted molar refractivity (Wildman–Crippen MR) is 103 cm³/mol. The van der Waals surface area contributed by atoms with Gasteiger partial charge in [0.05, 0.1) is 19.4 Å². The number of nitrogens with zero attached hydrogens (tertiary/aromatic N) is 2. The van der Waals surface area contributed by atoms with Crippen molar-refractivity contribution in [2.75, 3.05) is 18.8 Å². The Bertz CT molecular complexity index is 268. The van der Waals surface area contributed by atoms with Crippen molar-refractivity contribution in [1.29, 1.82) is 0 Å². The summed E-state index contributed by atoms with van der Waals surface area (Å²) in [6.45, 7) is 6.71. The van der Waals surface area contributed by atoms with Gasteiger partial charge in [0.1, 0.15) is 0 Å². The molecule has 0 aromatic carbocycles. The third-order valence-electron chi connectivity index (χ3n) is 4.57. The zero-order valence-electron chi connectivity index (χ0n) is 15.1. The Morgan fingerprint density at radius 3 is 2.09 bits per heavy atom. The van der Waals surface area contributed by atoms with Crippen LogP contribution in [0.3, 0.4) is 0 Å². The van der Waals surface area contributed by atoms with E-state index < -0.39 is 0 Å². The number of hydrogen-bond acceptors (Lipinski definition) is 3. The van der Waals surface area contributed by atoms with E-state index in [9.17, 15) is 0 Å². The van der Waals surface area contributed by atoms with E-state index in [1.54, 1.807) is 0 Å². The molecule has 22 heavy (non-hydrogen) atoms. The highest BCUT2D eigenvalue weighted by molar-refractivity contribution is 7.97. The van der Waals surface area contributed by atoms with E-state index in [0.717, 1.165) is 19.0 Å².